The summed E-state index contributed by atoms with van der Waals surface area (Å²) in [6, 6.07) is 15.5. The maximum absolute atomic E-state index is 6.06. The molecule has 1 aliphatic rings. The molecule has 110 valence electrons. The lowest BCUT2D eigenvalue weighted by Gasteiger charge is -2.21. The predicted molar refractivity (Wildman–Crippen MR) is 92.7 cm³/mol. The highest BCUT2D eigenvalue weighted by Gasteiger charge is 2.15. The monoisotopic (exact) mass is 343 g/mol. The Morgan fingerprint density at radius 1 is 1.00 bits per heavy atom. The molecule has 2 aromatic carbocycles. The second kappa shape index (κ2) is 6.76. The molecule has 1 aliphatic carbocycles. The number of aryl methyl sites for hydroxylation is 2. The molecule has 0 spiro atoms. The van der Waals surface area contributed by atoms with E-state index in [1.54, 1.807) is 11.1 Å². The first kappa shape index (κ1) is 14.8. The summed E-state index contributed by atoms with van der Waals surface area (Å²) in [4.78, 5) is 0. The smallest absolute Gasteiger partial charge is 0.0207 e. The highest BCUT2D eigenvalue weighted by atomic mass is 79.9. The summed E-state index contributed by atoms with van der Waals surface area (Å²) >= 11 is 3.65. The minimum atomic E-state index is 0.399. The third kappa shape index (κ3) is 3.38. The van der Waals surface area contributed by atoms with E-state index >= 15 is 0 Å². The van der Waals surface area contributed by atoms with Gasteiger partial charge in [-0.05, 0) is 67.0 Å². The van der Waals surface area contributed by atoms with Crippen molar-refractivity contribution in [2.24, 2.45) is 5.73 Å². The lowest BCUT2D eigenvalue weighted by molar-refractivity contribution is 0.668. The van der Waals surface area contributed by atoms with Crippen LogP contribution in [0.15, 0.2) is 46.9 Å². The van der Waals surface area contributed by atoms with Gasteiger partial charge in [0.05, 0.1) is 0 Å². The molecule has 0 amide bonds. The molecule has 21 heavy (non-hydrogen) atoms. The minimum Gasteiger partial charge on any atom is -0.330 e. The fourth-order valence-electron chi connectivity index (χ4n) is 3.27. The second-order valence-electron chi connectivity index (χ2n) is 5.96. The van der Waals surface area contributed by atoms with Crippen LogP contribution >= 0.6 is 15.9 Å². The van der Waals surface area contributed by atoms with Gasteiger partial charge in [-0.2, -0.15) is 0 Å². The molecule has 1 unspecified atom stereocenters. The van der Waals surface area contributed by atoms with Gasteiger partial charge in [-0.1, -0.05) is 52.3 Å². The number of fused-ring (bicyclic) bond motifs is 1. The van der Waals surface area contributed by atoms with Crippen molar-refractivity contribution in [2.45, 2.75) is 38.0 Å². The first-order valence-electron chi connectivity index (χ1n) is 7.83. The number of hydrogen-bond donors (Lipinski definition) is 1. The molecule has 2 aromatic rings. The third-order valence-corrected chi connectivity index (χ3v) is 5.33. The van der Waals surface area contributed by atoms with Gasteiger partial charge in [0.15, 0.2) is 0 Å². The van der Waals surface area contributed by atoms with Crippen LogP contribution in [0.5, 0.6) is 0 Å². The number of hydrogen-bond acceptors (Lipinski definition) is 1. The average molecular weight is 344 g/mol. The highest BCUT2D eigenvalue weighted by Crippen LogP contribution is 2.28. The Morgan fingerprint density at radius 3 is 2.52 bits per heavy atom. The standard InChI is InChI=1S/C19H22BrN/c20-19-8-4-3-7-17(19)12-18(13-21)16-10-9-14-5-1-2-6-15(14)11-16/h3-4,7-11,18H,1-2,5-6,12-13,21H2. The zero-order chi connectivity index (χ0) is 14.7. The van der Waals surface area contributed by atoms with Crippen molar-refractivity contribution in [1.82, 2.24) is 0 Å². The first-order chi connectivity index (χ1) is 10.3. The van der Waals surface area contributed by atoms with Crippen molar-refractivity contribution in [3.63, 3.8) is 0 Å². The van der Waals surface area contributed by atoms with Gasteiger partial charge in [0.25, 0.3) is 0 Å². The number of halogens is 1. The summed E-state index contributed by atoms with van der Waals surface area (Å²) < 4.78 is 1.18. The number of rotatable bonds is 4. The van der Waals surface area contributed by atoms with Gasteiger partial charge < -0.3 is 5.73 Å². The molecule has 0 aromatic heterocycles. The molecule has 0 fully saturated rings. The van der Waals surface area contributed by atoms with Crippen LogP contribution in [-0.4, -0.2) is 6.54 Å². The largest absolute Gasteiger partial charge is 0.330 e. The lowest BCUT2D eigenvalue weighted by atomic mass is 9.85. The summed E-state index contributed by atoms with van der Waals surface area (Å²) in [6.07, 6.45) is 6.14. The van der Waals surface area contributed by atoms with Crippen LogP contribution in [0.3, 0.4) is 0 Å². The van der Waals surface area contributed by atoms with Crippen LogP contribution < -0.4 is 5.73 Å². The lowest BCUT2D eigenvalue weighted by Crippen LogP contribution is -2.16. The van der Waals surface area contributed by atoms with Crippen LogP contribution in [0.4, 0.5) is 0 Å². The van der Waals surface area contributed by atoms with E-state index in [-0.39, 0.29) is 0 Å². The molecule has 0 bridgehead atoms. The van der Waals surface area contributed by atoms with Crippen LogP contribution in [0, 0.1) is 0 Å². The Kier molecular flexibility index (Phi) is 4.77. The van der Waals surface area contributed by atoms with Gasteiger partial charge in [-0.25, -0.2) is 0 Å². The van der Waals surface area contributed by atoms with Crippen LogP contribution in [0.1, 0.15) is 41.0 Å². The molecule has 2 heteroatoms. The molecule has 2 N–H and O–H groups in total. The van der Waals surface area contributed by atoms with Crippen LogP contribution in [0.2, 0.25) is 0 Å². The quantitative estimate of drug-likeness (QED) is 0.861. The maximum atomic E-state index is 6.06. The average Bonchev–Trinajstić information content (AvgIpc) is 2.54. The van der Waals surface area contributed by atoms with E-state index in [0.29, 0.717) is 12.5 Å². The zero-order valence-electron chi connectivity index (χ0n) is 12.3. The first-order valence-corrected chi connectivity index (χ1v) is 8.62. The van der Waals surface area contributed by atoms with Gasteiger partial charge >= 0.3 is 0 Å². The second-order valence-corrected chi connectivity index (χ2v) is 6.82. The number of benzene rings is 2. The molecule has 1 atom stereocenters. The van der Waals surface area contributed by atoms with E-state index in [1.165, 1.54) is 41.3 Å². The van der Waals surface area contributed by atoms with Gasteiger partial charge in [0, 0.05) is 10.4 Å². The van der Waals surface area contributed by atoms with E-state index in [0.717, 1.165) is 6.42 Å². The molecule has 0 radical (unpaired) electrons. The molecule has 3 rings (SSSR count). The Hall–Kier alpha value is -1.12. The summed E-state index contributed by atoms with van der Waals surface area (Å²) in [5.74, 6) is 0.399. The Labute approximate surface area is 135 Å². The van der Waals surface area contributed by atoms with E-state index in [9.17, 15) is 0 Å². The van der Waals surface area contributed by atoms with E-state index in [4.69, 9.17) is 5.73 Å². The van der Waals surface area contributed by atoms with Crippen molar-refractivity contribution in [3.8, 4) is 0 Å². The van der Waals surface area contributed by atoms with Crippen molar-refractivity contribution in [2.75, 3.05) is 6.54 Å². The molecule has 0 saturated heterocycles. The maximum Gasteiger partial charge on any atom is 0.0207 e. The zero-order valence-corrected chi connectivity index (χ0v) is 13.9. The Morgan fingerprint density at radius 2 is 1.76 bits per heavy atom. The Balaban J connectivity index is 1.85. The molecule has 1 nitrogen and oxygen atoms in total. The molecule has 0 heterocycles. The topological polar surface area (TPSA) is 26.0 Å². The molecule has 0 saturated carbocycles. The van der Waals surface area contributed by atoms with Crippen LogP contribution in [-0.2, 0) is 19.3 Å². The predicted octanol–water partition coefficient (Wildman–Crippen LogP) is 4.61. The van der Waals surface area contributed by atoms with Gasteiger partial charge in [0.1, 0.15) is 0 Å². The minimum absolute atomic E-state index is 0.399. The van der Waals surface area contributed by atoms with Crippen molar-refractivity contribution in [3.05, 3.63) is 69.2 Å². The molecular weight excluding hydrogens is 322 g/mol. The van der Waals surface area contributed by atoms with Gasteiger partial charge in [0.2, 0.25) is 0 Å². The molecule has 0 aliphatic heterocycles. The van der Waals surface area contributed by atoms with Gasteiger partial charge in [-0.15, -0.1) is 0 Å². The molecular formula is C19H22BrN. The summed E-state index contributed by atoms with van der Waals surface area (Å²) in [5.41, 5.74) is 11.9. The number of nitrogens with two attached hydrogens (primary N) is 1. The van der Waals surface area contributed by atoms with Crippen molar-refractivity contribution < 1.29 is 0 Å². The fourth-order valence-corrected chi connectivity index (χ4v) is 3.72. The van der Waals surface area contributed by atoms with E-state index < -0.39 is 0 Å². The van der Waals surface area contributed by atoms with Crippen molar-refractivity contribution in [1.29, 1.82) is 0 Å². The third-order valence-electron chi connectivity index (χ3n) is 4.55. The SMILES string of the molecule is NCC(Cc1ccccc1Br)c1ccc2c(c1)CCCC2. The summed E-state index contributed by atoms with van der Waals surface area (Å²) in [5, 5.41) is 0. The van der Waals surface area contributed by atoms with E-state index in [1.807, 2.05) is 0 Å². The normalized spacial score (nSPS) is 15.5. The van der Waals surface area contributed by atoms with Gasteiger partial charge in [-0.3, -0.25) is 0 Å². The van der Waals surface area contributed by atoms with Crippen molar-refractivity contribution >= 4 is 15.9 Å². The fraction of sp³-hybridized carbons (Fsp3) is 0.368. The van der Waals surface area contributed by atoms with E-state index in [2.05, 4.69) is 58.4 Å². The Bertz CT molecular complexity index is 621. The summed E-state index contributed by atoms with van der Waals surface area (Å²) in [6.45, 7) is 0.695. The summed E-state index contributed by atoms with van der Waals surface area (Å²) in [7, 11) is 0. The van der Waals surface area contributed by atoms with Crippen LogP contribution in [0.25, 0.3) is 0 Å². The highest BCUT2D eigenvalue weighted by molar-refractivity contribution is 9.10.